The second-order valence-electron chi connectivity index (χ2n) is 4.67. The molecule has 0 radical (unpaired) electrons. The fourth-order valence-electron chi connectivity index (χ4n) is 2.24. The van der Waals surface area contributed by atoms with Gasteiger partial charge in [0, 0.05) is 7.05 Å². The van der Waals surface area contributed by atoms with Gasteiger partial charge in [0.05, 0.1) is 11.0 Å². The smallest absolute Gasteiger partial charge is 0.339 e. The molecule has 0 atom stereocenters. The van der Waals surface area contributed by atoms with Crippen LogP contribution in [-0.2, 0) is 13.7 Å². The summed E-state index contributed by atoms with van der Waals surface area (Å²) >= 11 is 0. The van der Waals surface area contributed by atoms with Crippen LogP contribution in [-0.4, -0.2) is 20.6 Å². The summed E-state index contributed by atoms with van der Waals surface area (Å²) in [6.45, 7) is 0.218. The topological polar surface area (TPSA) is 64.3 Å². The summed E-state index contributed by atoms with van der Waals surface area (Å²) in [6, 6.07) is 14.4. The van der Waals surface area contributed by atoms with E-state index in [1.54, 1.807) is 18.2 Å². The molecule has 21 heavy (non-hydrogen) atoms. The van der Waals surface area contributed by atoms with Crippen LogP contribution in [0.2, 0.25) is 0 Å². The van der Waals surface area contributed by atoms with Gasteiger partial charge in [-0.25, -0.2) is 9.78 Å². The monoisotopic (exact) mass is 282 g/mol. The Balaban J connectivity index is 1.87. The van der Waals surface area contributed by atoms with E-state index in [-0.39, 0.29) is 12.2 Å². The molecule has 5 nitrogen and oxygen atoms in total. The molecule has 2 aromatic carbocycles. The molecule has 0 aliphatic carbocycles. The maximum absolute atomic E-state index is 11.1. The minimum atomic E-state index is -1.00. The van der Waals surface area contributed by atoms with Gasteiger partial charge in [0.25, 0.3) is 0 Å². The normalized spacial score (nSPS) is 10.7. The van der Waals surface area contributed by atoms with E-state index in [4.69, 9.17) is 9.84 Å². The van der Waals surface area contributed by atoms with E-state index in [1.165, 1.54) is 6.07 Å². The first-order valence-corrected chi connectivity index (χ1v) is 6.52. The molecule has 5 heteroatoms. The van der Waals surface area contributed by atoms with E-state index < -0.39 is 5.97 Å². The first-order chi connectivity index (χ1) is 10.2. The lowest BCUT2D eigenvalue weighted by Gasteiger charge is -2.08. The van der Waals surface area contributed by atoms with Gasteiger partial charge < -0.3 is 14.4 Å². The molecular weight excluding hydrogens is 268 g/mol. The third kappa shape index (κ3) is 2.45. The SMILES string of the molecule is Cn1c(COc2ccccc2C(=O)O)nc2ccccc21. The van der Waals surface area contributed by atoms with Gasteiger partial charge in [-0.15, -0.1) is 0 Å². The van der Waals surface area contributed by atoms with E-state index in [9.17, 15) is 4.79 Å². The maximum atomic E-state index is 11.1. The Morgan fingerprint density at radius 1 is 1.19 bits per heavy atom. The minimum Gasteiger partial charge on any atom is -0.485 e. The first kappa shape index (κ1) is 13.2. The molecule has 0 aliphatic heterocycles. The van der Waals surface area contributed by atoms with Crippen LogP contribution in [0.25, 0.3) is 11.0 Å². The number of aromatic nitrogens is 2. The standard InChI is InChI=1S/C16H14N2O3/c1-18-13-8-4-3-7-12(13)17-15(18)10-21-14-9-5-2-6-11(14)16(19)20/h2-9H,10H2,1H3,(H,19,20). The zero-order chi connectivity index (χ0) is 14.8. The summed E-state index contributed by atoms with van der Waals surface area (Å²) in [7, 11) is 1.91. The zero-order valence-electron chi connectivity index (χ0n) is 11.5. The van der Waals surface area contributed by atoms with Crippen LogP contribution in [0.3, 0.4) is 0 Å². The number of hydrogen-bond acceptors (Lipinski definition) is 3. The summed E-state index contributed by atoms with van der Waals surface area (Å²) in [5, 5.41) is 9.13. The van der Waals surface area contributed by atoms with E-state index in [2.05, 4.69) is 4.98 Å². The summed E-state index contributed by atoms with van der Waals surface area (Å²) < 4.78 is 7.57. The number of ether oxygens (including phenoxy) is 1. The predicted molar refractivity (Wildman–Crippen MR) is 78.4 cm³/mol. The average molecular weight is 282 g/mol. The van der Waals surface area contributed by atoms with E-state index >= 15 is 0 Å². The number of nitrogens with zero attached hydrogens (tertiary/aromatic N) is 2. The lowest BCUT2D eigenvalue weighted by atomic mass is 10.2. The summed E-state index contributed by atoms with van der Waals surface area (Å²) in [5.74, 6) is 0.0871. The highest BCUT2D eigenvalue weighted by molar-refractivity contribution is 5.90. The van der Waals surface area contributed by atoms with Crippen LogP contribution >= 0.6 is 0 Å². The minimum absolute atomic E-state index is 0.149. The molecule has 0 amide bonds. The van der Waals surface area contributed by atoms with Gasteiger partial charge in [0.15, 0.2) is 0 Å². The van der Waals surface area contributed by atoms with Crippen molar-refractivity contribution >= 4 is 17.0 Å². The number of carboxylic acid groups (broad SMARTS) is 1. The molecule has 3 aromatic rings. The van der Waals surface area contributed by atoms with Gasteiger partial charge in [-0.05, 0) is 24.3 Å². The van der Waals surface area contributed by atoms with Crippen LogP contribution in [0.5, 0.6) is 5.75 Å². The highest BCUT2D eigenvalue weighted by Gasteiger charge is 2.12. The summed E-state index contributed by atoms with van der Waals surface area (Å²) in [5.41, 5.74) is 2.06. The van der Waals surface area contributed by atoms with Crippen molar-refractivity contribution in [2.45, 2.75) is 6.61 Å². The number of rotatable bonds is 4. The highest BCUT2D eigenvalue weighted by Crippen LogP contribution is 2.20. The van der Waals surface area contributed by atoms with Gasteiger partial charge in [0.1, 0.15) is 23.7 Å². The summed E-state index contributed by atoms with van der Waals surface area (Å²) in [4.78, 5) is 15.6. The fourth-order valence-corrected chi connectivity index (χ4v) is 2.24. The summed E-state index contributed by atoms with van der Waals surface area (Å²) in [6.07, 6.45) is 0. The first-order valence-electron chi connectivity index (χ1n) is 6.52. The maximum Gasteiger partial charge on any atom is 0.339 e. The Morgan fingerprint density at radius 2 is 1.90 bits per heavy atom. The second kappa shape index (κ2) is 5.28. The molecule has 0 fully saturated rings. The number of benzene rings is 2. The molecule has 3 rings (SSSR count). The van der Waals surface area contributed by atoms with Gasteiger partial charge >= 0.3 is 5.97 Å². The van der Waals surface area contributed by atoms with Crippen molar-refractivity contribution in [3.63, 3.8) is 0 Å². The molecule has 106 valence electrons. The van der Waals surface area contributed by atoms with Crippen LogP contribution in [0.1, 0.15) is 16.2 Å². The molecule has 1 heterocycles. The third-order valence-electron chi connectivity index (χ3n) is 3.35. The number of fused-ring (bicyclic) bond motifs is 1. The predicted octanol–water partition coefficient (Wildman–Crippen LogP) is 2.85. The van der Waals surface area contributed by atoms with Gasteiger partial charge in [0.2, 0.25) is 0 Å². The van der Waals surface area contributed by atoms with Crippen LogP contribution in [0, 0.1) is 0 Å². The molecule has 1 N–H and O–H groups in total. The van der Waals surface area contributed by atoms with Gasteiger partial charge in [-0.3, -0.25) is 0 Å². The molecule has 0 unspecified atom stereocenters. The quantitative estimate of drug-likeness (QED) is 0.799. The van der Waals surface area contributed by atoms with Crippen molar-refractivity contribution in [3.05, 3.63) is 59.9 Å². The van der Waals surface area contributed by atoms with Crippen molar-refractivity contribution in [2.24, 2.45) is 7.05 Å². The number of carboxylic acids is 1. The van der Waals surface area contributed by atoms with Crippen molar-refractivity contribution in [2.75, 3.05) is 0 Å². The Bertz CT molecular complexity index is 808. The molecular formula is C16H14N2O3. The van der Waals surface area contributed by atoms with Gasteiger partial charge in [-0.1, -0.05) is 24.3 Å². The molecule has 0 saturated carbocycles. The van der Waals surface area contributed by atoms with E-state index in [1.807, 2.05) is 35.9 Å². The number of aromatic carboxylic acids is 1. The lowest BCUT2D eigenvalue weighted by Crippen LogP contribution is -2.06. The van der Waals surface area contributed by atoms with Crippen molar-refractivity contribution in [3.8, 4) is 5.75 Å². The van der Waals surface area contributed by atoms with Crippen molar-refractivity contribution in [1.29, 1.82) is 0 Å². The Hall–Kier alpha value is -2.82. The average Bonchev–Trinajstić information content (AvgIpc) is 2.82. The Kier molecular flexibility index (Phi) is 3.31. The third-order valence-corrected chi connectivity index (χ3v) is 3.35. The highest BCUT2D eigenvalue weighted by atomic mass is 16.5. The number of carbonyl (C=O) groups is 1. The van der Waals surface area contributed by atoms with E-state index in [0.717, 1.165) is 16.9 Å². The molecule has 1 aromatic heterocycles. The number of hydrogen-bond donors (Lipinski definition) is 1. The van der Waals surface area contributed by atoms with E-state index in [0.29, 0.717) is 5.75 Å². The van der Waals surface area contributed by atoms with Crippen LogP contribution in [0.15, 0.2) is 48.5 Å². The fraction of sp³-hybridized carbons (Fsp3) is 0.125. The Morgan fingerprint density at radius 3 is 2.67 bits per heavy atom. The van der Waals surface area contributed by atoms with Crippen molar-refractivity contribution in [1.82, 2.24) is 9.55 Å². The lowest BCUT2D eigenvalue weighted by molar-refractivity contribution is 0.0691. The zero-order valence-corrected chi connectivity index (χ0v) is 11.5. The molecule has 0 spiro atoms. The number of imidazole rings is 1. The molecule has 0 aliphatic rings. The molecule has 0 saturated heterocycles. The number of para-hydroxylation sites is 3. The van der Waals surface area contributed by atoms with Crippen molar-refractivity contribution < 1.29 is 14.6 Å². The van der Waals surface area contributed by atoms with Gasteiger partial charge in [-0.2, -0.15) is 0 Å². The largest absolute Gasteiger partial charge is 0.485 e. The molecule has 0 bridgehead atoms. The Labute approximate surface area is 121 Å². The second-order valence-corrected chi connectivity index (χ2v) is 4.67. The van der Waals surface area contributed by atoms with Crippen LogP contribution < -0.4 is 4.74 Å². The number of aryl methyl sites for hydroxylation is 1. The van der Waals surface area contributed by atoms with Crippen LogP contribution in [0.4, 0.5) is 0 Å².